The first-order valence-electron chi connectivity index (χ1n) is 5.90. The molecule has 0 radical (unpaired) electrons. The van der Waals surface area contributed by atoms with Crippen molar-refractivity contribution in [2.24, 2.45) is 0 Å². The van der Waals surface area contributed by atoms with Crippen LogP contribution in [0.25, 0.3) is 0 Å². The summed E-state index contributed by atoms with van der Waals surface area (Å²) in [5.41, 5.74) is 2.42. The van der Waals surface area contributed by atoms with Crippen molar-refractivity contribution in [3.63, 3.8) is 0 Å². The van der Waals surface area contributed by atoms with Gasteiger partial charge in [0.25, 0.3) is 0 Å². The number of benzene rings is 1. The van der Waals surface area contributed by atoms with Gasteiger partial charge in [0.15, 0.2) is 0 Å². The van der Waals surface area contributed by atoms with E-state index in [1.165, 1.54) is 0 Å². The molecule has 0 aliphatic rings. The highest BCUT2D eigenvalue weighted by atomic mass is 16.5. The molecule has 2 rings (SSSR count). The van der Waals surface area contributed by atoms with Gasteiger partial charge in [-0.05, 0) is 18.1 Å². The van der Waals surface area contributed by atoms with Crippen LogP contribution in [0.15, 0.2) is 42.6 Å². The van der Waals surface area contributed by atoms with Crippen molar-refractivity contribution in [1.82, 2.24) is 4.98 Å². The molecule has 0 atom stereocenters. The van der Waals surface area contributed by atoms with E-state index in [4.69, 9.17) is 10.00 Å². The molecule has 2 aromatic rings. The minimum atomic E-state index is 0.447. The maximum Gasteiger partial charge on any atom is 0.147 e. The number of aromatic nitrogens is 1. The van der Waals surface area contributed by atoms with Crippen LogP contribution >= 0.6 is 0 Å². The van der Waals surface area contributed by atoms with E-state index < -0.39 is 0 Å². The Bertz CT molecular complexity index is 558. The molecule has 0 aliphatic carbocycles. The highest BCUT2D eigenvalue weighted by Crippen LogP contribution is 2.21. The summed E-state index contributed by atoms with van der Waals surface area (Å²) in [6, 6.07) is 13.9. The van der Waals surface area contributed by atoms with Gasteiger partial charge >= 0.3 is 0 Å². The fourth-order valence-corrected chi connectivity index (χ4v) is 1.78. The monoisotopic (exact) mass is 238 g/mol. The molecule has 0 spiro atoms. The minimum Gasteiger partial charge on any atom is -0.488 e. The zero-order chi connectivity index (χ0) is 12.8. The van der Waals surface area contributed by atoms with E-state index in [9.17, 15) is 0 Å². The zero-order valence-corrected chi connectivity index (χ0v) is 10.3. The third kappa shape index (κ3) is 2.67. The first-order valence-corrected chi connectivity index (χ1v) is 5.90. The van der Waals surface area contributed by atoms with Crippen molar-refractivity contribution in [3.05, 3.63) is 59.4 Å². The molecular weight excluding hydrogens is 224 g/mol. The summed E-state index contributed by atoms with van der Waals surface area (Å²) in [5, 5.41) is 8.99. The van der Waals surface area contributed by atoms with Crippen LogP contribution in [0.2, 0.25) is 0 Å². The van der Waals surface area contributed by atoms with Crippen molar-refractivity contribution in [1.29, 1.82) is 5.26 Å². The van der Waals surface area contributed by atoms with Gasteiger partial charge in [-0.25, -0.2) is 4.98 Å². The Balaban J connectivity index is 2.17. The average molecular weight is 238 g/mol. The predicted molar refractivity (Wildman–Crippen MR) is 69.1 cm³/mol. The molecule has 1 heterocycles. The maximum absolute atomic E-state index is 8.99. The van der Waals surface area contributed by atoms with Crippen LogP contribution in [0.3, 0.4) is 0 Å². The number of hydrogen-bond acceptors (Lipinski definition) is 3. The van der Waals surface area contributed by atoms with E-state index >= 15 is 0 Å². The standard InChI is InChI=1S/C15H14N2O/c1-2-13-14(10-16)17-9-8-15(13)18-11-12-6-4-3-5-7-12/h3-9H,2,11H2,1H3. The second-order valence-corrected chi connectivity index (χ2v) is 3.88. The Labute approximate surface area is 107 Å². The van der Waals surface area contributed by atoms with Gasteiger partial charge in [0.1, 0.15) is 24.1 Å². The van der Waals surface area contributed by atoms with Gasteiger partial charge in [0.05, 0.1) is 0 Å². The maximum atomic E-state index is 8.99. The van der Waals surface area contributed by atoms with Gasteiger partial charge in [-0.3, -0.25) is 0 Å². The lowest BCUT2D eigenvalue weighted by Crippen LogP contribution is -2.01. The Hall–Kier alpha value is -2.34. The lowest BCUT2D eigenvalue weighted by Gasteiger charge is -2.10. The number of nitrogens with zero attached hydrogens (tertiary/aromatic N) is 2. The van der Waals surface area contributed by atoms with Gasteiger partial charge in [-0.1, -0.05) is 37.3 Å². The fraction of sp³-hybridized carbons (Fsp3) is 0.200. The van der Waals surface area contributed by atoms with E-state index in [0.717, 1.165) is 23.3 Å². The molecule has 0 saturated carbocycles. The smallest absolute Gasteiger partial charge is 0.147 e. The number of pyridine rings is 1. The van der Waals surface area contributed by atoms with E-state index in [2.05, 4.69) is 11.1 Å². The quantitative estimate of drug-likeness (QED) is 0.822. The van der Waals surface area contributed by atoms with Crippen LogP contribution in [0.5, 0.6) is 5.75 Å². The van der Waals surface area contributed by atoms with Crippen molar-refractivity contribution in [2.75, 3.05) is 0 Å². The lowest BCUT2D eigenvalue weighted by atomic mass is 10.1. The molecule has 90 valence electrons. The zero-order valence-electron chi connectivity index (χ0n) is 10.3. The third-order valence-corrected chi connectivity index (χ3v) is 2.71. The van der Waals surface area contributed by atoms with Crippen LogP contribution < -0.4 is 4.74 Å². The van der Waals surface area contributed by atoms with Gasteiger partial charge in [-0.15, -0.1) is 0 Å². The summed E-state index contributed by atoms with van der Waals surface area (Å²) in [4.78, 5) is 4.04. The van der Waals surface area contributed by atoms with E-state index in [0.29, 0.717) is 12.3 Å². The van der Waals surface area contributed by atoms with Crippen LogP contribution in [0, 0.1) is 11.3 Å². The van der Waals surface area contributed by atoms with Crippen LogP contribution in [-0.4, -0.2) is 4.98 Å². The van der Waals surface area contributed by atoms with Crippen molar-refractivity contribution in [2.45, 2.75) is 20.0 Å². The predicted octanol–water partition coefficient (Wildman–Crippen LogP) is 3.09. The van der Waals surface area contributed by atoms with Gasteiger partial charge in [0.2, 0.25) is 0 Å². The lowest BCUT2D eigenvalue weighted by molar-refractivity contribution is 0.302. The number of hydrogen-bond donors (Lipinski definition) is 0. The van der Waals surface area contributed by atoms with E-state index in [-0.39, 0.29) is 0 Å². The largest absolute Gasteiger partial charge is 0.488 e. The van der Waals surface area contributed by atoms with Crippen molar-refractivity contribution in [3.8, 4) is 11.8 Å². The molecule has 0 amide bonds. The summed E-state index contributed by atoms with van der Waals surface area (Å²) in [7, 11) is 0. The molecule has 0 aliphatic heterocycles. The minimum absolute atomic E-state index is 0.447. The van der Waals surface area contributed by atoms with Crippen LogP contribution in [0.1, 0.15) is 23.7 Å². The summed E-state index contributed by atoms with van der Waals surface area (Å²) in [6.45, 7) is 2.50. The average Bonchev–Trinajstić information content (AvgIpc) is 2.45. The number of rotatable bonds is 4. The van der Waals surface area contributed by atoms with Crippen molar-refractivity contribution >= 4 is 0 Å². The first kappa shape index (κ1) is 12.1. The van der Waals surface area contributed by atoms with Gasteiger partial charge in [-0.2, -0.15) is 5.26 Å². The molecule has 3 nitrogen and oxygen atoms in total. The second kappa shape index (κ2) is 5.83. The summed E-state index contributed by atoms with van der Waals surface area (Å²) < 4.78 is 5.77. The molecule has 0 saturated heterocycles. The SMILES string of the molecule is CCc1c(OCc2ccccc2)ccnc1C#N. The topological polar surface area (TPSA) is 45.9 Å². The van der Waals surface area contributed by atoms with Crippen LogP contribution in [0.4, 0.5) is 0 Å². The third-order valence-electron chi connectivity index (χ3n) is 2.71. The van der Waals surface area contributed by atoms with Gasteiger partial charge < -0.3 is 4.74 Å². The van der Waals surface area contributed by atoms with Crippen LogP contribution in [-0.2, 0) is 13.0 Å². The molecule has 0 N–H and O–H groups in total. The summed E-state index contributed by atoms with van der Waals surface area (Å²) >= 11 is 0. The molecular formula is C15H14N2O. The van der Waals surface area contributed by atoms with E-state index in [1.807, 2.05) is 43.3 Å². The molecule has 1 aromatic carbocycles. The molecule has 0 bridgehead atoms. The summed E-state index contributed by atoms with van der Waals surface area (Å²) in [5.74, 6) is 0.743. The molecule has 1 aromatic heterocycles. The normalized spacial score (nSPS) is 9.78. The van der Waals surface area contributed by atoms with Gasteiger partial charge in [0, 0.05) is 11.8 Å². The number of ether oxygens (including phenoxy) is 1. The van der Waals surface area contributed by atoms with E-state index in [1.54, 1.807) is 6.20 Å². The molecule has 0 unspecified atom stereocenters. The second-order valence-electron chi connectivity index (χ2n) is 3.88. The Morgan fingerprint density at radius 2 is 2.00 bits per heavy atom. The Kier molecular flexibility index (Phi) is 3.93. The summed E-state index contributed by atoms with van der Waals surface area (Å²) in [6.07, 6.45) is 2.35. The van der Waals surface area contributed by atoms with Crippen molar-refractivity contribution < 1.29 is 4.74 Å². The first-order chi connectivity index (χ1) is 8.85. The molecule has 18 heavy (non-hydrogen) atoms. The number of nitriles is 1. The fourth-order valence-electron chi connectivity index (χ4n) is 1.78. The Morgan fingerprint density at radius 3 is 2.67 bits per heavy atom. The highest BCUT2D eigenvalue weighted by Gasteiger charge is 2.08. The Morgan fingerprint density at radius 1 is 1.22 bits per heavy atom. The molecule has 3 heteroatoms. The molecule has 0 fully saturated rings. The highest BCUT2D eigenvalue weighted by molar-refractivity contribution is 5.41.